The third-order valence-electron chi connectivity index (χ3n) is 1.88. The van der Waals surface area contributed by atoms with Crippen LogP contribution in [0.2, 0.25) is 0 Å². The summed E-state index contributed by atoms with van der Waals surface area (Å²) < 4.78 is 14.0. The van der Waals surface area contributed by atoms with Crippen LogP contribution in [-0.4, -0.2) is 43.2 Å². The van der Waals surface area contributed by atoms with E-state index in [4.69, 9.17) is 4.74 Å². The zero-order chi connectivity index (χ0) is 12.9. The quantitative estimate of drug-likeness (QED) is 0.536. The highest BCUT2D eigenvalue weighted by Gasteiger charge is 2.36. The molecule has 0 radical (unpaired) electrons. The molecule has 0 heterocycles. The summed E-state index contributed by atoms with van der Waals surface area (Å²) in [5.74, 6) is -3.75. The Morgan fingerprint density at radius 3 is 1.88 bits per heavy atom. The van der Waals surface area contributed by atoms with Gasteiger partial charge in [-0.25, -0.2) is 4.79 Å². The molecule has 0 bridgehead atoms. The summed E-state index contributed by atoms with van der Waals surface area (Å²) in [6.45, 7) is 4.17. The van der Waals surface area contributed by atoms with Crippen molar-refractivity contribution in [1.29, 1.82) is 0 Å². The van der Waals surface area contributed by atoms with Gasteiger partial charge in [-0.2, -0.15) is 0 Å². The molecular formula is C10H18O6. The topological polar surface area (TPSA) is 82.1 Å². The summed E-state index contributed by atoms with van der Waals surface area (Å²) in [7, 11) is 2.38. The fourth-order valence-corrected chi connectivity index (χ4v) is 1.09. The smallest absolute Gasteiger partial charge is 0.336 e. The van der Waals surface area contributed by atoms with E-state index >= 15 is 0 Å². The van der Waals surface area contributed by atoms with Crippen molar-refractivity contribution in [3.63, 3.8) is 0 Å². The highest BCUT2D eigenvalue weighted by molar-refractivity contribution is 5.83. The summed E-state index contributed by atoms with van der Waals surface area (Å²) >= 11 is 0. The second kappa shape index (κ2) is 5.81. The molecule has 0 aromatic rings. The highest BCUT2D eigenvalue weighted by Crippen LogP contribution is 2.17. The van der Waals surface area contributed by atoms with Crippen molar-refractivity contribution in [3.8, 4) is 0 Å². The molecule has 0 saturated carbocycles. The molecule has 0 spiro atoms. The zero-order valence-corrected chi connectivity index (χ0v) is 10.1. The maximum Gasteiger partial charge on any atom is 0.336 e. The lowest BCUT2D eigenvalue weighted by Crippen LogP contribution is -2.42. The Hall–Kier alpha value is -1.14. The molecule has 94 valence electrons. The minimum Gasteiger partial charge on any atom is -0.469 e. The first-order chi connectivity index (χ1) is 7.22. The van der Waals surface area contributed by atoms with Gasteiger partial charge < -0.3 is 19.3 Å². The molecule has 0 aliphatic carbocycles. The van der Waals surface area contributed by atoms with Gasteiger partial charge in [0.2, 0.25) is 0 Å². The van der Waals surface area contributed by atoms with Gasteiger partial charge in [-0.3, -0.25) is 4.79 Å². The lowest BCUT2D eigenvalue weighted by Gasteiger charge is -2.27. The Morgan fingerprint density at radius 1 is 1.12 bits per heavy atom. The number of aliphatic hydroxyl groups is 1. The van der Waals surface area contributed by atoms with Crippen LogP contribution in [0.15, 0.2) is 0 Å². The number of methoxy groups -OCH3 is 2. The third kappa shape index (κ3) is 4.59. The molecule has 6 heteroatoms. The molecule has 0 fully saturated rings. The van der Waals surface area contributed by atoms with E-state index in [9.17, 15) is 14.7 Å². The van der Waals surface area contributed by atoms with Gasteiger partial charge in [-0.15, -0.1) is 0 Å². The first-order valence-electron chi connectivity index (χ1n) is 4.78. The average Bonchev–Trinajstić information content (AvgIpc) is 2.21. The van der Waals surface area contributed by atoms with Crippen LogP contribution in [0.4, 0.5) is 0 Å². The Balaban J connectivity index is 4.80. The summed E-state index contributed by atoms with van der Waals surface area (Å²) in [6.07, 6.45) is -1.20. The van der Waals surface area contributed by atoms with Crippen LogP contribution in [0, 0.1) is 5.92 Å². The minimum absolute atomic E-state index is 0.611. The predicted molar refractivity (Wildman–Crippen MR) is 54.4 cm³/mol. The number of hydrogen-bond donors (Lipinski definition) is 1. The molecule has 1 N–H and O–H groups in total. The van der Waals surface area contributed by atoms with Gasteiger partial charge in [0.15, 0.2) is 11.9 Å². The molecule has 0 amide bonds. The number of ether oxygens (including phenoxy) is 3. The molecule has 0 aromatic carbocycles. The van der Waals surface area contributed by atoms with Crippen LogP contribution in [0.3, 0.4) is 0 Å². The first kappa shape index (κ1) is 14.9. The molecule has 16 heavy (non-hydrogen) atoms. The summed E-state index contributed by atoms with van der Waals surface area (Å²) in [5.41, 5.74) is 0. The number of hydrogen-bond acceptors (Lipinski definition) is 6. The van der Waals surface area contributed by atoms with Gasteiger partial charge in [0, 0.05) is 0 Å². The molecule has 0 rings (SSSR count). The lowest BCUT2D eigenvalue weighted by molar-refractivity contribution is -0.226. The van der Waals surface area contributed by atoms with Crippen molar-refractivity contribution in [1.82, 2.24) is 0 Å². The van der Waals surface area contributed by atoms with E-state index in [1.54, 1.807) is 0 Å². The normalized spacial score (nSPS) is 15.1. The fraction of sp³-hybridized carbons (Fsp3) is 0.800. The maximum absolute atomic E-state index is 11.4. The van der Waals surface area contributed by atoms with E-state index < -0.39 is 29.7 Å². The van der Waals surface area contributed by atoms with E-state index in [0.29, 0.717) is 0 Å². The van der Waals surface area contributed by atoms with Crippen molar-refractivity contribution in [2.75, 3.05) is 14.2 Å². The van der Waals surface area contributed by atoms with E-state index in [1.807, 2.05) is 0 Å². The SMILES string of the molecule is COC(=O)[C@H](C)[C@@H](OC(C)(C)O)C(=O)OC. The minimum atomic E-state index is -1.54. The zero-order valence-electron chi connectivity index (χ0n) is 10.1. The first-order valence-corrected chi connectivity index (χ1v) is 4.78. The molecule has 0 aliphatic rings. The molecule has 0 unspecified atom stereocenters. The summed E-state index contributed by atoms with van der Waals surface area (Å²) in [5, 5.41) is 9.45. The van der Waals surface area contributed by atoms with Crippen LogP contribution >= 0.6 is 0 Å². The van der Waals surface area contributed by atoms with Crippen LogP contribution in [0.25, 0.3) is 0 Å². The Labute approximate surface area is 94.5 Å². The second-order valence-corrected chi connectivity index (χ2v) is 3.82. The van der Waals surface area contributed by atoms with Crippen LogP contribution in [0.1, 0.15) is 20.8 Å². The van der Waals surface area contributed by atoms with Crippen molar-refractivity contribution in [3.05, 3.63) is 0 Å². The van der Waals surface area contributed by atoms with Crippen molar-refractivity contribution >= 4 is 11.9 Å². The van der Waals surface area contributed by atoms with E-state index in [0.717, 1.165) is 0 Å². The highest BCUT2D eigenvalue weighted by atomic mass is 16.6. The van der Waals surface area contributed by atoms with E-state index in [-0.39, 0.29) is 0 Å². The van der Waals surface area contributed by atoms with Crippen LogP contribution in [-0.2, 0) is 23.8 Å². The molecule has 0 saturated heterocycles. The van der Waals surface area contributed by atoms with E-state index in [2.05, 4.69) is 9.47 Å². The average molecular weight is 234 g/mol. The fourth-order valence-electron chi connectivity index (χ4n) is 1.09. The maximum atomic E-state index is 11.4. The Kier molecular flexibility index (Phi) is 5.40. The molecule has 6 nitrogen and oxygen atoms in total. The van der Waals surface area contributed by atoms with Crippen LogP contribution in [0.5, 0.6) is 0 Å². The van der Waals surface area contributed by atoms with Crippen molar-refractivity contribution in [2.24, 2.45) is 5.92 Å². The largest absolute Gasteiger partial charge is 0.469 e. The lowest BCUT2D eigenvalue weighted by atomic mass is 10.0. The monoisotopic (exact) mass is 234 g/mol. The van der Waals surface area contributed by atoms with Gasteiger partial charge in [0.1, 0.15) is 0 Å². The number of carbonyl (C=O) groups is 2. The Morgan fingerprint density at radius 2 is 1.56 bits per heavy atom. The van der Waals surface area contributed by atoms with Gasteiger partial charge >= 0.3 is 11.9 Å². The summed E-state index contributed by atoms with van der Waals surface area (Å²) in [4.78, 5) is 22.7. The van der Waals surface area contributed by atoms with Gasteiger partial charge in [0.25, 0.3) is 0 Å². The van der Waals surface area contributed by atoms with E-state index in [1.165, 1.54) is 35.0 Å². The van der Waals surface area contributed by atoms with Gasteiger partial charge in [-0.1, -0.05) is 0 Å². The molecule has 0 aliphatic heterocycles. The summed E-state index contributed by atoms with van der Waals surface area (Å²) in [6, 6.07) is 0. The predicted octanol–water partition coefficient (Wildman–Crippen LogP) is 0.0821. The molecule has 0 aromatic heterocycles. The van der Waals surface area contributed by atoms with Crippen LogP contribution < -0.4 is 0 Å². The Bertz CT molecular complexity index is 255. The standard InChI is InChI=1S/C10H18O6/c1-6(8(11)14-4)7(9(12)15-5)16-10(2,3)13/h6-7,13H,1-5H3/t6-,7-/m1/s1. The van der Waals surface area contributed by atoms with Gasteiger partial charge in [0.05, 0.1) is 20.1 Å². The number of rotatable bonds is 5. The number of carbonyl (C=O) groups excluding carboxylic acids is 2. The third-order valence-corrected chi connectivity index (χ3v) is 1.88. The van der Waals surface area contributed by atoms with Gasteiger partial charge in [-0.05, 0) is 20.8 Å². The number of esters is 2. The van der Waals surface area contributed by atoms with Crippen molar-refractivity contribution in [2.45, 2.75) is 32.7 Å². The molecular weight excluding hydrogens is 216 g/mol. The second-order valence-electron chi connectivity index (χ2n) is 3.82. The molecule has 2 atom stereocenters. The van der Waals surface area contributed by atoms with Crippen molar-refractivity contribution < 1.29 is 28.9 Å².